The highest BCUT2D eigenvalue weighted by Gasteiger charge is 2.30. The van der Waals surface area contributed by atoms with Crippen LogP contribution in [0.3, 0.4) is 0 Å². The lowest BCUT2D eigenvalue weighted by atomic mass is 10.1. The molecule has 2 rings (SSSR count). The van der Waals surface area contributed by atoms with Crippen molar-refractivity contribution in [1.82, 2.24) is 0 Å². The Morgan fingerprint density at radius 2 is 1.79 bits per heavy atom. The second-order valence-electron chi connectivity index (χ2n) is 6.11. The molecule has 1 heterocycles. The normalized spacial score (nSPS) is 21.6. The number of rotatable bonds is 10. The molecule has 1 aliphatic rings. The molecule has 3 atom stereocenters. The first-order valence-electron chi connectivity index (χ1n) is 9.07. The maximum absolute atomic E-state index is 11.2. The van der Waals surface area contributed by atoms with Crippen molar-refractivity contribution >= 4 is 11.9 Å². The van der Waals surface area contributed by atoms with E-state index in [0.717, 1.165) is 5.56 Å². The third-order valence-corrected chi connectivity index (χ3v) is 3.74. The third kappa shape index (κ3) is 8.47. The highest BCUT2D eigenvalue weighted by atomic mass is 16.7. The summed E-state index contributed by atoms with van der Waals surface area (Å²) in [6.07, 6.45) is 5.17. The number of carbonyl (C=O) groups is 2. The predicted octanol–water partition coefficient (Wildman–Crippen LogP) is 2.55. The average molecular weight is 390 g/mol. The van der Waals surface area contributed by atoms with E-state index in [2.05, 4.69) is 0 Å². The first-order chi connectivity index (χ1) is 13.5. The van der Waals surface area contributed by atoms with Crippen LogP contribution in [0.15, 0.2) is 54.6 Å². The second-order valence-corrected chi connectivity index (χ2v) is 6.11. The van der Waals surface area contributed by atoms with Crippen LogP contribution in [0.4, 0.5) is 0 Å². The van der Waals surface area contributed by atoms with Crippen molar-refractivity contribution < 1.29 is 33.3 Å². The molecule has 1 aromatic rings. The van der Waals surface area contributed by atoms with Gasteiger partial charge in [0.25, 0.3) is 0 Å². The Morgan fingerprint density at radius 3 is 2.50 bits per heavy atom. The van der Waals surface area contributed by atoms with Gasteiger partial charge in [-0.25, -0.2) is 0 Å². The molecular formula is C21H26O7. The molecule has 0 aliphatic carbocycles. The molecule has 1 unspecified atom stereocenters. The molecule has 1 aromatic carbocycles. The van der Waals surface area contributed by atoms with E-state index < -0.39 is 30.4 Å². The van der Waals surface area contributed by atoms with Crippen molar-refractivity contribution in [3.05, 3.63) is 60.2 Å². The Kier molecular flexibility index (Phi) is 9.41. The number of hydrogen-bond acceptors (Lipinski definition) is 7. The van der Waals surface area contributed by atoms with Crippen LogP contribution in [-0.4, -0.2) is 50.3 Å². The summed E-state index contributed by atoms with van der Waals surface area (Å²) in [6, 6.07) is 9.93. The van der Waals surface area contributed by atoms with Crippen molar-refractivity contribution in [3.8, 4) is 0 Å². The predicted molar refractivity (Wildman–Crippen MR) is 101 cm³/mol. The zero-order chi connectivity index (χ0) is 20.2. The maximum atomic E-state index is 11.2. The monoisotopic (exact) mass is 390 g/mol. The van der Waals surface area contributed by atoms with E-state index >= 15 is 0 Å². The van der Waals surface area contributed by atoms with Crippen LogP contribution >= 0.6 is 0 Å². The van der Waals surface area contributed by atoms with Gasteiger partial charge >= 0.3 is 11.9 Å². The molecule has 0 fully saturated rings. The van der Waals surface area contributed by atoms with E-state index in [4.69, 9.17) is 23.7 Å². The summed E-state index contributed by atoms with van der Waals surface area (Å²) in [5, 5.41) is 0. The summed E-state index contributed by atoms with van der Waals surface area (Å²) >= 11 is 0. The van der Waals surface area contributed by atoms with E-state index in [1.165, 1.54) is 13.8 Å². The summed E-state index contributed by atoms with van der Waals surface area (Å²) < 4.78 is 27.0. The van der Waals surface area contributed by atoms with E-state index in [9.17, 15) is 9.59 Å². The molecule has 7 nitrogen and oxygen atoms in total. The smallest absolute Gasteiger partial charge is 0.303 e. The van der Waals surface area contributed by atoms with Gasteiger partial charge in [-0.3, -0.25) is 9.59 Å². The minimum Gasteiger partial charge on any atom is -0.463 e. The van der Waals surface area contributed by atoms with Crippen molar-refractivity contribution in [2.75, 3.05) is 19.8 Å². The molecule has 0 saturated carbocycles. The Bertz CT molecular complexity index is 669. The van der Waals surface area contributed by atoms with Crippen molar-refractivity contribution in [1.29, 1.82) is 0 Å². The molecule has 1 aliphatic heterocycles. The molecule has 0 aromatic heterocycles. The van der Waals surface area contributed by atoms with Crippen molar-refractivity contribution in [3.63, 3.8) is 0 Å². The summed E-state index contributed by atoms with van der Waals surface area (Å²) in [7, 11) is 0. The van der Waals surface area contributed by atoms with Crippen LogP contribution in [0.1, 0.15) is 19.4 Å². The highest BCUT2D eigenvalue weighted by Crippen LogP contribution is 2.18. The molecule has 0 N–H and O–H groups in total. The zero-order valence-electron chi connectivity index (χ0n) is 16.1. The minimum atomic E-state index is -0.626. The standard InChI is InChI=1S/C21H26O7/c1-16(22)26-15-20-19(27-17(2)23)10-11-21(28-20)25-13-7-6-12-24-14-18-8-4-3-5-9-18/h3-11,19-21H,12-15H2,1-2H3/b7-6+/t19-,20+,21?/m0/s1. The fourth-order valence-electron chi connectivity index (χ4n) is 2.46. The van der Waals surface area contributed by atoms with Crippen molar-refractivity contribution in [2.24, 2.45) is 0 Å². The highest BCUT2D eigenvalue weighted by molar-refractivity contribution is 5.66. The van der Waals surface area contributed by atoms with Crippen LogP contribution in [0, 0.1) is 0 Å². The molecule has 0 radical (unpaired) electrons. The summed E-state index contributed by atoms with van der Waals surface area (Å²) in [5.41, 5.74) is 1.12. The molecule has 28 heavy (non-hydrogen) atoms. The van der Waals surface area contributed by atoms with Crippen LogP contribution in [0.5, 0.6) is 0 Å². The van der Waals surface area contributed by atoms with Gasteiger partial charge in [0.05, 0.1) is 19.8 Å². The number of benzene rings is 1. The lowest BCUT2D eigenvalue weighted by Gasteiger charge is -2.31. The second kappa shape index (κ2) is 12.1. The maximum Gasteiger partial charge on any atom is 0.303 e. The largest absolute Gasteiger partial charge is 0.463 e. The summed E-state index contributed by atoms with van der Waals surface area (Å²) in [6.45, 7) is 3.93. The minimum absolute atomic E-state index is 0.0271. The topological polar surface area (TPSA) is 80.3 Å². The number of esters is 2. The molecule has 152 valence electrons. The number of hydrogen-bond donors (Lipinski definition) is 0. The fourth-order valence-corrected chi connectivity index (χ4v) is 2.46. The van der Waals surface area contributed by atoms with Gasteiger partial charge in [-0.1, -0.05) is 42.5 Å². The van der Waals surface area contributed by atoms with Gasteiger partial charge in [-0.2, -0.15) is 0 Å². The van der Waals surface area contributed by atoms with Crippen LogP contribution in [0.25, 0.3) is 0 Å². The SMILES string of the molecule is CC(=O)OC[C@H]1OC(OC/C=C/COCc2ccccc2)C=C[C@@H]1OC(C)=O. The summed E-state index contributed by atoms with van der Waals surface area (Å²) in [5.74, 6) is -0.875. The number of carbonyl (C=O) groups excluding carboxylic acids is 2. The lowest BCUT2D eigenvalue weighted by molar-refractivity contribution is -0.194. The first-order valence-corrected chi connectivity index (χ1v) is 9.07. The Labute approximate surface area is 164 Å². The van der Waals surface area contributed by atoms with Gasteiger partial charge in [0.2, 0.25) is 0 Å². The van der Waals surface area contributed by atoms with Crippen LogP contribution in [0.2, 0.25) is 0 Å². The van der Waals surface area contributed by atoms with E-state index in [-0.39, 0.29) is 6.61 Å². The molecular weight excluding hydrogens is 364 g/mol. The van der Waals surface area contributed by atoms with Gasteiger partial charge in [0, 0.05) is 13.8 Å². The first kappa shape index (κ1) is 21.8. The zero-order valence-corrected chi connectivity index (χ0v) is 16.1. The molecule has 7 heteroatoms. The van der Waals surface area contributed by atoms with E-state index in [1.54, 1.807) is 12.2 Å². The quantitative estimate of drug-likeness (QED) is 0.345. The van der Waals surface area contributed by atoms with Crippen molar-refractivity contribution in [2.45, 2.75) is 39.0 Å². The fraction of sp³-hybridized carbons (Fsp3) is 0.429. The van der Waals surface area contributed by atoms with Gasteiger partial charge in [-0.15, -0.1) is 0 Å². The van der Waals surface area contributed by atoms with Crippen LogP contribution < -0.4 is 0 Å². The third-order valence-electron chi connectivity index (χ3n) is 3.74. The molecule has 0 saturated heterocycles. The molecule has 0 bridgehead atoms. The Morgan fingerprint density at radius 1 is 1.04 bits per heavy atom. The Hall–Kier alpha value is -2.48. The molecule has 0 amide bonds. The lowest BCUT2D eigenvalue weighted by Crippen LogP contribution is -2.42. The summed E-state index contributed by atoms with van der Waals surface area (Å²) in [4.78, 5) is 22.2. The Balaban J connectivity index is 1.70. The van der Waals surface area contributed by atoms with E-state index in [0.29, 0.717) is 19.8 Å². The van der Waals surface area contributed by atoms with Gasteiger partial charge in [0.15, 0.2) is 6.29 Å². The molecule has 0 spiro atoms. The van der Waals surface area contributed by atoms with Gasteiger partial charge in [-0.05, 0) is 17.7 Å². The average Bonchev–Trinajstić information content (AvgIpc) is 2.67. The van der Waals surface area contributed by atoms with E-state index in [1.807, 2.05) is 42.5 Å². The van der Waals surface area contributed by atoms with Gasteiger partial charge < -0.3 is 23.7 Å². The van der Waals surface area contributed by atoms with Gasteiger partial charge in [0.1, 0.15) is 18.8 Å². The van der Waals surface area contributed by atoms with Crippen LogP contribution in [-0.2, 0) is 39.9 Å². The number of ether oxygens (including phenoxy) is 5.